The topological polar surface area (TPSA) is 52.6 Å². The van der Waals surface area contributed by atoms with Gasteiger partial charge in [0.05, 0.1) is 13.2 Å². The van der Waals surface area contributed by atoms with Crippen molar-refractivity contribution in [2.24, 2.45) is 11.8 Å². The summed E-state index contributed by atoms with van der Waals surface area (Å²) in [6.07, 6.45) is 11.4. The lowest BCUT2D eigenvalue weighted by atomic mass is 10.1. The summed E-state index contributed by atoms with van der Waals surface area (Å²) in [7, 11) is 0. The molecule has 0 radical (unpaired) electrons. The molecule has 0 aromatic heterocycles. The molecule has 0 spiro atoms. The fourth-order valence-corrected chi connectivity index (χ4v) is 2.55. The van der Waals surface area contributed by atoms with E-state index < -0.39 is 0 Å². The van der Waals surface area contributed by atoms with Crippen molar-refractivity contribution in [1.29, 1.82) is 0 Å². The predicted octanol–water partition coefficient (Wildman–Crippen LogP) is 6.07. The van der Waals surface area contributed by atoms with E-state index in [0.717, 1.165) is 64.2 Å². The average Bonchev–Trinajstić information content (AvgIpc) is 2.63. The summed E-state index contributed by atoms with van der Waals surface area (Å²) >= 11 is 0. The molecule has 0 amide bonds. The lowest BCUT2D eigenvalue weighted by Crippen LogP contribution is -2.08. The number of ether oxygens (including phenoxy) is 2. The smallest absolute Gasteiger partial charge is 0.305 e. The van der Waals surface area contributed by atoms with Gasteiger partial charge in [-0.05, 0) is 37.5 Å². The fourth-order valence-electron chi connectivity index (χ4n) is 2.55. The van der Waals surface area contributed by atoms with Gasteiger partial charge in [0.25, 0.3) is 0 Å². The van der Waals surface area contributed by atoms with Crippen molar-refractivity contribution in [3.8, 4) is 0 Å². The molecular formula is C22H42O4. The molecule has 2 atom stereocenters. The Balaban J connectivity index is 3.35. The van der Waals surface area contributed by atoms with Crippen molar-refractivity contribution < 1.29 is 19.1 Å². The summed E-state index contributed by atoms with van der Waals surface area (Å²) in [5.41, 5.74) is 0. The summed E-state index contributed by atoms with van der Waals surface area (Å²) in [6, 6.07) is 0. The number of unbranched alkanes of at least 4 members (excludes halogenated alkanes) is 5. The largest absolute Gasteiger partial charge is 0.466 e. The monoisotopic (exact) mass is 370 g/mol. The minimum absolute atomic E-state index is 0.0616. The molecule has 0 bridgehead atoms. The molecule has 4 nitrogen and oxygen atoms in total. The maximum Gasteiger partial charge on any atom is 0.305 e. The van der Waals surface area contributed by atoms with Crippen molar-refractivity contribution in [3.63, 3.8) is 0 Å². The molecule has 0 aliphatic rings. The minimum Gasteiger partial charge on any atom is -0.466 e. The molecule has 4 heteroatoms. The van der Waals surface area contributed by atoms with Gasteiger partial charge in [-0.3, -0.25) is 9.59 Å². The van der Waals surface area contributed by atoms with Gasteiger partial charge in [0, 0.05) is 12.8 Å². The van der Waals surface area contributed by atoms with Crippen LogP contribution in [-0.4, -0.2) is 25.2 Å². The Kier molecular flexibility index (Phi) is 16.7. The first-order valence-corrected chi connectivity index (χ1v) is 10.8. The summed E-state index contributed by atoms with van der Waals surface area (Å²) in [6.45, 7) is 9.79. The standard InChI is InChI=1S/C22H42O4/c1-5-19(3)15-17-25-21(23)13-11-9-7-8-10-12-14-22(24)26-18-16-20(4)6-2/h19-20H,5-18H2,1-4H3. The Hall–Kier alpha value is -1.06. The van der Waals surface area contributed by atoms with Crippen LogP contribution in [0.3, 0.4) is 0 Å². The van der Waals surface area contributed by atoms with Gasteiger partial charge in [0.2, 0.25) is 0 Å². The van der Waals surface area contributed by atoms with Gasteiger partial charge in [-0.25, -0.2) is 0 Å². The second-order valence-corrected chi connectivity index (χ2v) is 7.67. The van der Waals surface area contributed by atoms with Crippen LogP contribution in [0.15, 0.2) is 0 Å². The summed E-state index contributed by atoms with van der Waals surface area (Å²) in [5, 5.41) is 0. The van der Waals surface area contributed by atoms with Crippen LogP contribution in [0.2, 0.25) is 0 Å². The van der Waals surface area contributed by atoms with E-state index in [1.165, 1.54) is 0 Å². The third-order valence-electron chi connectivity index (χ3n) is 5.15. The molecule has 0 fully saturated rings. The number of hydrogen-bond acceptors (Lipinski definition) is 4. The molecule has 0 saturated heterocycles. The van der Waals surface area contributed by atoms with E-state index in [1.807, 2.05) is 0 Å². The molecule has 0 saturated carbocycles. The van der Waals surface area contributed by atoms with Gasteiger partial charge in [-0.1, -0.05) is 66.2 Å². The Labute approximate surface area is 161 Å². The van der Waals surface area contributed by atoms with Crippen LogP contribution in [0, 0.1) is 11.8 Å². The highest BCUT2D eigenvalue weighted by Crippen LogP contribution is 2.11. The van der Waals surface area contributed by atoms with Crippen LogP contribution in [0.1, 0.15) is 105 Å². The Bertz CT molecular complexity index is 320. The van der Waals surface area contributed by atoms with Crippen LogP contribution in [0.4, 0.5) is 0 Å². The number of rotatable bonds is 17. The second-order valence-electron chi connectivity index (χ2n) is 7.67. The van der Waals surface area contributed by atoms with Gasteiger partial charge in [0.1, 0.15) is 0 Å². The van der Waals surface area contributed by atoms with E-state index in [9.17, 15) is 9.59 Å². The van der Waals surface area contributed by atoms with E-state index in [2.05, 4.69) is 27.7 Å². The lowest BCUT2D eigenvalue weighted by molar-refractivity contribution is -0.145. The SMILES string of the molecule is CCC(C)CCOC(=O)CCCCCCCCC(=O)OCCC(C)CC. The summed E-state index contributed by atoms with van der Waals surface area (Å²) in [5.74, 6) is 1.13. The zero-order valence-electron chi connectivity index (χ0n) is 17.7. The molecule has 0 N–H and O–H groups in total. The van der Waals surface area contributed by atoms with Gasteiger partial charge in [0.15, 0.2) is 0 Å². The molecule has 0 aliphatic carbocycles. The van der Waals surface area contributed by atoms with E-state index in [4.69, 9.17) is 9.47 Å². The van der Waals surface area contributed by atoms with E-state index in [0.29, 0.717) is 37.9 Å². The molecule has 0 aliphatic heterocycles. The second kappa shape index (κ2) is 17.4. The van der Waals surface area contributed by atoms with E-state index >= 15 is 0 Å². The maximum absolute atomic E-state index is 11.6. The van der Waals surface area contributed by atoms with Gasteiger partial charge < -0.3 is 9.47 Å². The van der Waals surface area contributed by atoms with Crippen molar-refractivity contribution in [3.05, 3.63) is 0 Å². The first-order valence-electron chi connectivity index (χ1n) is 10.8. The quantitative estimate of drug-likeness (QED) is 0.230. The van der Waals surface area contributed by atoms with Crippen molar-refractivity contribution in [1.82, 2.24) is 0 Å². The highest BCUT2D eigenvalue weighted by Gasteiger charge is 2.06. The highest BCUT2D eigenvalue weighted by atomic mass is 16.5. The average molecular weight is 371 g/mol. The predicted molar refractivity (Wildman–Crippen MR) is 107 cm³/mol. The van der Waals surface area contributed by atoms with Crippen molar-refractivity contribution in [2.45, 2.75) is 105 Å². The normalized spacial score (nSPS) is 13.2. The molecule has 26 heavy (non-hydrogen) atoms. The zero-order chi connectivity index (χ0) is 19.6. The number of carbonyl (C=O) groups excluding carboxylic acids is 2. The molecule has 2 unspecified atom stereocenters. The first-order chi connectivity index (χ1) is 12.5. The molecular weight excluding hydrogens is 328 g/mol. The number of esters is 2. The van der Waals surface area contributed by atoms with Gasteiger partial charge >= 0.3 is 11.9 Å². The minimum atomic E-state index is -0.0616. The lowest BCUT2D eigenvalue weighted by Gasteiger charge is -2.09. The van der Waals surface area contributed by atoms with E-state index in [-0.39, 0.29) is 11.9 Å². The van der Waals surface area contributed by atoms with Crippen LogP contribution in [-0.2, 0) is 19.1 Å². The van der Waals surface area contributed by atoms with E-state index in [1.54, 1.807) is 0 Å². The third kappa shape index (κ3) is 16.4. The third-order valence-corrected chi connectivity index (χ3v) is 5.15. The Morgan fingerprint density at radius 2 is 1.00 bits per heavy atom. The van der Waals surface area contributed by atoms with Crippen LogP contribution >= 0.6 is 0 Å². The van der Waals surface area contributed by atoms with Gasteiger partial charge in [-0.15, -0.1) is 0 Å². The van der Waals surface area contributed by atoms with Gasteiger partial charge in [-0.2, -0.15) is 0 Å². The number of carbonyl (C=O) groups is 2. The zero-order valence-corrected chi connectivity index (χ0v) is 17.7. The Morgan fingerprint density at radius 1 is 0.654 bits per heavy atom. The summed E-state index contributed by atoms with van der Waals surface area (Å²) in [4.78, 5) is 23.2. The van der Waals surface area contributed by atoms with Crippen molar-refractivity contribution >= 4 is 11.9 Å². The first kappa shape index (κ1) is 24.9. The van der Waals surface area contributed by atoms with Crippen LogP contribution in [0.25, 0.3) is 0 Å². The highest BCUT2D eigenvalue weighted by molar-refractivity contribution is 5.69. The maximum atomic E-state index is 11.6. The molecule has 0 heterocycles. The number of hydrogen-bond donors (Lipinski definition) is 0. The molecule has 154 valence electrons. The van der Waals surface area contributed by atoms with Crippen molar-refractivity contribution in [2.75, 3.05) is 13.2 Å². The Morgan fingerprint density at radius 3 is 1.35 bits per heavy atom. The fraction of sp³-hybridized carbons (Fsp3) is 0.909. The molecule has 0 rings (SSSR count). The molecule has 0 aromatic carbocycles. The van der Waals surface area contributed by atoms with Crippen LogP contribution < -0.4 is 0 Å². The van der Waals surface area contributed by atoms with Crippen LogP contribution in [0.5, 0.6) is 0 Å². The molecule has 0 aromatic rings. The summed E-state index contributed by atoms with van der Waals surface area (Å²) < 4.78 is 10.5.